The van der Waals surface area contributed by atoms with Gasteiger partial charge in [-0.25, -0.2) is 0 Å². The third-order valence-corrected chi connectivity index (χ3v) is 3.06. The molecule has 2 N–H and O–H groups in total. The molecule has 1 atom stereocenters. The molecule has 1 aliphatic heterocycles. The van der Waals surface area contributed by atoms with E-state index in [1.165, 1.54) is 0 Å². The zero-order chi connectivity index (χ0) is 10.1. The first-order valence-electron chi connectivity index (χ1n) is 4.51. The van der Waals surface area contributed by atoms with Crippen molar-refractivity contribution in [3.05, 3.63) is 28.7 Å². The number of anilines is 1. The molecule has 1 heterocycles. The average molecular weight is 255 g/mol. The maximum Gasteiger partial charge on any atom is 0.243 e. The second-order valence-electron chi connectivity index (χ2n) is 3.34. The van der Waals surface area contributed by atoms with Gasteiger partial charge in [-0.1, -0.05) is 12.1 Å². The maximum atomic E-state index is 11.6. The Morgan fingerprint density at radius 1 is 1.43 bits per heavy atom. The Balaban J connectivity index is 2.33. The number of benzene rings is 1. The summed E-state index contributed by atoms with van der Waals surface area (Å²) in [5.41, 5.74) is 6.56. The molecule has 1 fully saturated rings. The van der Waals surface area contributed by atoms with Gasteiger partial charge in [0.05, 0.1) is 11.7 Å². The molecule has 3 nitrogen and oxygen atoms in total. The van der Waals surface area contributed by atoms with Gasteiger partial charge in [0, 0.05) is 11.0 Å². The number of amides is 1. The first-order valence-corrected chi connectivity index (χ1v) is 5.31. The van der Waals surface area contributed by atoms with Crippen LogP contribution in [0.4, 0.5) is 5.69 Å². The van der Waals surface area contributed by atoms with E-state index in [2.05, 4.69) is 15.9 Å². The topological polar surface area (TPSA) is 46.3 Å². The van der Waals surface area contributed by atoms with E-state index in [1.54, 1.807) is 4.90 Å². The Labute approximate surface area is 91.0 Å². The van der Waals surface area contributed by atoms with E-state index >= 15 is 0 Å². The van der Waals surface area contributed by atoms with E-state index in [9.17, 15) is 4.79 Å². The van der Waals surface area contributed by atoms with Gasteiger partial charge in [-0.05, 0) is 34.5 Å². The monoisotopic (exact) mass is 254 g/mol. The maximum absolute atomic E-state index is 11.6. The molecular formula is C10H11BrN2O. The van der Waals surface area contributed by atoms with Crippen LogP contribution >= 0.6 is 15.9 Å². The highest BCUT2D eigenvalue weighted by Crippen LogP contribution is 2.28. The first kappa shape index (κ1) is 9.68. The first-order chi connectivity index (χ1) is 6.70. The van der Waals surface area contributed by atoms with Crippen LogP contribution in [0.5, 0.6) is 0 Å². The Morgan fingerprint density at radius 3 is 2.71 bits per heavy atom. The molecule has 14 heavy (non-hydrogen) atoms. The molecule has 1 saturated heterocycles. The van der Waals surface area contributed by atoms with Crippen molar-refractivity contribution in [2.24, 2.45) is 5.73 Å². The lowest BCUT2D eigenvalue weighted by molar-refractivity contribution is -0.118. The van der Waals surface area contributed by atoms with Crippen molar-refractivity contribution in [1.29, 1.82) is 0 Å². The van der Waals surface area contributed by atoms with Crippen molar-refractivity contribution in [2.45, 2.75) is 12.5 Å². The zero-order valence-corrected chi connectivity index (χ0v) is 9.20. The van der Waals surface area contributed by atoms with E-state index in [4.69, 9.17) is 5.73 Å². The van der Waals surface area contributed by atoms with Crippen LogP contribution in [0.3, 0.4) is 0 Å². The van der Waals surface area contributed by atoms with Crippen molar-refractivity contribution >= 4 is 27.5 Å². The number of para-hydroxylation sites is 1. The Hall–Kier alpha value is -0.870. The molecule has 1 aliphatic rings. The number of carbonyl (C=O) groups is 1. The van der Waals surface area contributed by atoms with Gasteiger partial charge in [-0.2, -0.15) is 0 Å². The summed E-state index contributed by atoms with van der Waals surface area (Å²) >= 11 is 3.42. The minimum Gasteiger partial charge on any atom is -0.320 e. The summed E-state index contributed by atoms with van der Waals surface area (Å²) in [4.78, 5) is 13.4. The van der Waals surface area contributed by atoms with Crippen LogP contribution in [0, 0.1) is 0 Å². The van der Waals surface area contributed by atoms with E-state index < -0.39 is 0 Å². The highest BCUT2D eigenvalue weighted by molar-refractivity contribution is 9.10. The summed E-state index contributed by atoms with van der Waals surface area (Å²) < 4.78 is 0.933. The minimum atomic E-state index is -0.331. The lowest BCUT2D eigenvalue weighted by atomic mass is 10.3. The number of hydrogen-bond acceptors (Lipinski definition) is 2. The Kier molecular flexibility index (Phi) is 2.56. The summed E-state index contributed by atoms with van der Waals surface area (Å²) in [6, 6.07) is 7.35. The van der Waals surface area contributed by atoms with Gasteiger partial charge in [0.15, 0.2) is 0 Å². The molecule has 1 aromatic rings. The van der Waals surface area contributed by atoms with Crippen molar-refractivity contribution < 1.29 is 4.79 Å². The lowest BCUT2D eigenvalue weighted by Crippen LogP contribution is -2.34. The summed E-state index contributed by atoms with van der Waals surface area (Å²) in [5.74, 6) is 0.0110. The SMILES string of the molecule is NC1CCN(c2ccccc2Br)C1=O. The number of nitrogens with zero attached hydrogens (tertiary/aromatic N) is 1. The summed E-state index contributed by atoms with van der Waals surface area (Å²) in [5, 5.41) is 0. The van der Waals surface area contributed by atoms with Crippen LogP contribution in [0.15, 0.2) is 28.7 Å². The van der Waals surface area contributed by atoms with Crippen LogP contribution in [0.1, 0.15) is 6.42 Å². The van der Waals surface area contributed by atoms with Crippen LogP contribution in [-0.2, 0) is 4.79 Å². The van der Waals surface area contributed by atoms with Crippen LogP contribution in [-0.4, -0.2) is 18.5 Å². The highest BCUT2D eigenvalue weighted by atomic mass is 79.9. The second-order valence-corrected chi connectivity index (χ2v) is 4.19. The van der Waals surface area contributed by atoms with Gasteiger partial charge in [-0.3, -0.25) is 4.79 Å². The molecule has 0 saturated carbocycles. The van der Waals surface area contributed by atoms with E-state index in [0.717, 1.165) is 16.6 Å². The van der Waals surface area contributed by atoms with E-state index in [-0.39, 0.29) is 11.9 Å². The Bertz CT molecular complexity index is 367. The molecule has 0 bridgehead atoms. The van der Waals surface area contributed by atoms with Crippen molar-refractivity contribution in [3.8, 4) is 0 Å². The van der Waals surface area contributed by atoms with Gasteiger partial charge in [0.2, 0.25) is 5.91 Å². The second kappa shape index (κ2) is 3.71. The number of rotatable bonds is 1. The van der Waals surface area contributed by atoms with E-state index in [1.807, 2.05) is 24.3 Å². The average Bonchev–Trinajstić information content (AvgIpc) is 2.49. The molecule has 74 valence electrons. The molecule has 1 amide bonds. The molecule has 1 unspecified atom stereocenters. The van der Waals surface area contributed by atoms with Gasteiger partial charge in [0.1, 0.15) is 0 Å². The van der Waals surface area contributed by atoms with Crippen molar-refractivity contribution in [2.75, 3.05) is 11.4 Å². The normalized spacial score (nSPS) is 21.7. The quantitative estimate of drug-likeness (QED) is 0.826. The molecule has 2 rings (SSSR count). The summed E-state index contributed by atoms with van der Waals surface area (Å²) in [6.07, 6.45) is 0.736. The number of nitrogens with two attached hydrogens (primary N) is 1. The van der Waals surface area contributed by atoms with E-state index in [0.29, 0.717) is 6.54 Å². The minimum absolute atomic E-state index is 0.0110. The highest BCUT2D eigenvalue weighted by Gasteiger charge is 2.30. The van der Waals surface area contributed by atoms with Crippen LogP contribution in [0.25, 0.3) is 0 Å². The third-order valence-electron chi connectivity index (χ3n) is 2.39. The molecule has 0 radical (unpaired) electrons. The number of halogens is 1. The molecule has 0 aromatic heterocycles. The molecule has 4 heteroatoms. The fourth-order valence-corrected chi connectivity index (χ4v) is 2.11. The van der Waals surface area contributed by atoms with Gasteiger partial charge >= 0.3 is 0 Å². The Morgan fingerprint density at radius 2 is 2.14 bits per heavy atom. The third kappa shape index (κ3) is 1.55. The number of hydrogen-bond donors (Lipinski definition) is 1. The van der Waals surface area contributed by atoms with Gasteiger partial charge in [0.25, 0.3) is 0 Å². The standard InChI is InChI=1S/C10H11BrN2O/c11-7-3-1-2-4-9(7)13-6-5-8(12)10(13)14/h1-4,8H,5-6,12H2. The molecule has 1 aromatic carbocycles. The summed E-state index contributed by atoms with van der Waals surface area (Å²) in [6.45, 7) is 0.711. The fraction of sp³-hybridized carbons (Fsp3) is 0.300. The fourth-order valence-electron chi connectivity index (χ4n) is 1.61. The number of carbonyl (C=O) groups excluding carboxylic acids is 1. The van der Waals surface area contributed by atoms with Crippen molar-refractivity contribution in [1.82, 2.24) is 0 Å². The van der Waals surface area contributed by atoms with Crippen molar-refractivity contribution in [3.63, 3.8) is 0 Å². The largest absolute Gasteiger partial charge is 0.320 e. The summed E-state index contributed by atoms with van der Waals surface area (Å²) in [7, 11) is 0. The molecular weight excluding hydrogens is 244 g/mol. The predicted octanol–water partition coefficient (Wildman–Crippen LogP) is 1.51. The molecule has 0 spiro atoms. The van der Waals surface area contributed by atoms with Crippen LogP contribution < -0.4 is 10.6 Å². The van der Waals surface area contributed by atoms with Crippen LogP contribution in [0.2, 0.25) is 0 Å². The smallest absolute Gasteiger partial charge is 0.243 e. The lowest BCUT2D eigenvalue weighted by Gasteiger charge is -2.17. The molecule has 0 aliphatic carbocycles. The predicted molar refractivity (Wildman–Crippen MR) is 59.1 cm³/mol. The zero-order valence-electron chi connectivity index (χ0n) is 7.61. The van der Waals surface area contributed by atoms with Gasteiger partial charge in [-0.15, -0.1) is 0 Å². The van der Waals surface area contributed by atoms with Gasteiger partial charge < -0.3 is 10.6 Å².